The molecule has 2 aromatic carbocycles. The summed E-state index contributed by atoms with van der Waals surface area (Å²) in [5, 5.41) is 10.4. The minimum Gasteiger partial charge on any atom is -0.493 e. The van der Waals surface area contributed by atoms with Crippen molar-refractivity contribution in [1.29, 1.82) is 0 Å². The number of carboxylic acids is 1. The highest BCUT2D eigenvalue weighted by Gasteiger charge is 2.20. The van der Waals surface area contributed by atoms with Gasteiger partial charge in [-0.3, -0.25) is 4.79 Å². The van der Waals surface area contributed by atoms with Crippen LogP contribution in [0.3, 0.4) is 0 Å². The van der Waals surface area contributed by atoms with E-state index >= 15 is 0 Å². The summed E-state index contributed by atoms with van der Waals surface area (Å²) in [5.41, 5.74) is -1.53. The van der Waals surface area contributed by atoms with Crippen LogP contribution in [-0.2, 0) is 12.8 Å². The molecule has 0 atom stereocenters. The summed E-state index contributed by atoms with van der Waals surface area (Å²) in [7, 11) is 1.25. The van der Waals surface area contributed by atoms with Crippen LogP contribution in [0.5, 0.6) is 5.75 Å². The van der Waals surface area contributed by atoms with E-state index < -0.39 is 34.7 Å². The van der Waals surface area contributed by atoms with Crippen LogP contribution >= 0.6 is 11.3 Å². The number of nitrogens with zero attached hydrogens (tertiary/aromatic N) is 1. The van der Waals surface area contributed by atoms with Gasteiger partial charge in [0, 0.05) is 17.0 Å². The van der Waals surface area contributed by atoms with Gasteiger partial charge in [0.05, 0.1) is 23.7 Å². The minimum absolute atomic E-state index is 0.0421. The molecule has 170 valence electrons. The minimum atomic E-state index is -1.35. The van der Waals surface area contributed by atoms with E-state index in [1.807, 2.05) is 0 Å². The molecule has 0 unspecified atom stereocenters. The van der Waals surface area contributed by atoms with E-state index in [4.69, 9.17) is 4.74 Å². The van der Waals surface area contributed by atoms with E-state index in [1.54, 1.807) is 0 Å². The SMILES string of the molecule is COc1c(F)cc(F)cc1CCc1ccc(F)c(-n2c(=O)[nH]c3csc(C(=O)O)c3c2=O)c1. The molecule has 0 aliphatic rings. The van der Waals surface area contributed by atoms with Crippen LogP contribution < -0.4 is 16.0 Å². The Morgan fingerprint density at radius 1 is 1.12 bits per heavy atom. The third-order valence-corrected chi connectivity index (χ3v) is 6.04. The molecule has 2 heterocycles. The summed E-state index contributed by atoms with van der Waals surface area (Å²) in [6.45, 7) is 0. The number of hydrogen-bond donors (Lipinski definition) is 2. The quantitative estimate of drug-likeness (QED) is 0.443. The highest BCUT2D eigenvalue weighted by molar-refractivity contribution is 7.13. The van der Waals surface area contributed by atoms with Gasteiger partial charge < -0.3 is 14.8 Å². The number of carboxylic acid groups (broad SMARTS) is 1. The van der Waals surface area contributed by atoms with Crippen molar-refractivity contribution in [3.8, 4) is 11.4 Å². The molecule has 0 saturated carbocycles. The van der Waals surface area contributed by atoms with Gasteiger partial charge in [-0.2, -0.15) is 0 Å². The number of H-pyrrole nitrogens is 1. The first-order chi connectivity index (χ1) is 15.7. The normalized spacial score (nSPS) is 11.2. The maximum absolute atomic E-state index is 14.6. The number of fused-ring (bicyclic) bond motifs is 1. The summed E-state index contributed by atoms with van der Waals surface area (Å²) < 4.78 is 47.7. The molecule has 0 bridgehead atoms. The first-order valence-corrected chi connectivity index (χ1v) is 10.4. The van der Waals surface area contributed by atoms with Gasteiger partial charge in [-0.15, -0.1) is 11.3 Å². The number of aromatic carboxylic acids is 1. The molecule has 2 N–H and O–H groups in total. The molecule has 4 rings (SSSR count). The number of methoxy groups -OCH3 is 1. The zero-order valence-corrected chi connectivity index (χ0v) is 17.8. The number of aryl methyl sites for hydroxylation is 2. The van der Waals surface area contributed by atoms with Crippen LogP contribution in [0.25, 0.3) is 16.6 Å². The fraction of sp³-hybridized carbons (Fsp3) is 0.136. The highest BCUT2D eigenvalue weighted by atomic mass is 32.1. The molecule has 2 aromatic heterocycles. The average Bonchev–Trinajstić information content (AvgIpc) is 3.18. The summed E-state index contributed by atoms with van der Waals surface area (Å²) in [6.07, 6.45) is 0.307. The first-order valence-electron chi connectivity index (χ1n) is 9.51. The molecule has 7 nitrogen and oxygen atoms in total. The van der Waals surface area contributed by atoms with Gasteiger partial charge in [0.25, 0.3) is 5.56 Å². The van der Waals surface area contributed by atoms with Gasteiger partial charge in [-0.05, 0) is 36.6 Å². The molecule has 4 aromatic rings. The Morgan fingerprint density at radius 2 is 1.88 bits per heavy atom. The van der Waals surface area contributed by atoms with Gasteiger partial charge in [-0.25, -0.2) is 27.3 Å². The Hall–Kier alpha value is -3.86. The van der Waals surface area contributed by atoms with Crippen molar-refractivity contribution in [1.82, 2.24) is 9.55 Å². The van der Waals surface area contributed by atoms with E-state index in [0.29, 0.717) is 16.2 Å². The highest BCUT2D eigenvalue weighted by Crippen LogP contribution is 2.26. The molecule has 0 spiro atoms. The lowest BCUT2D eigenvalue weighted by Crippen LogP contribution is -2.34. The molecule has 0 saturated heterocycles. The molecule has 0 fully saturated rings. The van der Waals surface area contributed by atoms with Crippen molar-refractivity contribution in [3.63, 3.8) is 0 Å². The monoisotopic (exact) mass is 476 g/mol. The van der Waals surface area contributed by atoms with Crippen LogP contribution in [0.2, 0.25) is 0 Å². The van der Waals surface area contributed by atoms with Crippen LogP contribution in [0.4, 0.5) is 13.2 Å². The average molecular weight is 476 g/mol. The van der Waals surface area contributed by atoms with Gasteiger partial charge in [0.1, 0.15) is 16.5 Å². The van der Waals surface area contributed by atoms with Crippen molar-refractivity contribution < 1.29 is 27.8 Å². The second-order valence-corrected chi connectivity index (χ2v) is 7.97. The van der Waals surface area contributed by atoms with E-state index in [2.05, 4.69) is 4.98 Å². The number of aromatic nitrogens is 2. The Kier molecular flexibility index (Phi) is 5.81. The lowest BCUT2D eigenvalue weighted by atomic mass is 10.0. The molecule has 0 aliphatic carbocycles. The number of carbonyl (C=O) groups is 1. The smallest absolute Gasteiger partial charge is 0.346 e. The molecular formula is C22H15F3N2O5S. The zero-order chi connectivity index (χ0) is 23.9. The summed E-state index contributed by atoms with van der Waals surface area (Å²) >= 11 is 0.767. The Morgan fingerprint density at radius 3 is 2.58 bits per heavy atom. The molecule has 11 heteroatoms. The van der Waals surface area contributed by atoms with Gasteiger partial charge in [0.2, 0.25) is 0 Å². The summed E-state index contributed by atoms with van der Waals surface area (Å²) in [6, 6.07) is 5.54. The number of thiophene rings is 1. The lowest BCUT2D eigenvalue weighted by molar-refractivity contribution is 0.0704. The Labute approximate surface area is 187 Å². The number of benzene rings is 2. The second-order valence-electron chi connectivity index (χ2n) is 7.10. The predicted octanol–water partition coefficient (Wildman–Crippen LogP) is 3.65. The van der Waals surface area contributed by atoms with Crippen molar-refractivity contribution in [2.24, 2.45) is 0 Å². The third-order valence-electron chi connectivity index (χ3n) is 5.07. The standard InChI is InChI=1S/C22H15F3N2O5S/c1-32-18-11(7-12(23)8-14(18)25)4-2-10-3-5-13(24)16(6-10)27-20(28)17-15(26-22(27)31)9-33-19(17)21(29)30/h3,5-9H,2,4H2,1H3,(H,26,31)(H,29,30). The van der Waals surface area contributed by atoms with Crippen molar-refractivity contribution in [3.05, 3.63) is 90.0 Å². The number of halogens is 3. The second kappa shape index (κ2) is 8.58. The largest absolute Gasteiger partial charge is 0.493 e. The summed E-state index contributed by atoms with van der Waals surface area (Å²) in [5.74, 6) is -3.98. The topological polar surface area (TPSA) is 101 Å². The maximum Gasteiger partial charge on any atom is 0.346 e. The van der Waals surface area contributed by atoms with E-state index in [1.165, 1.54) is 24.6 Å². The number of hydrogen-bond acceptors (Lipinski definition) is 5. The predicted molar refractivity (Wildman–Crippen MR) is 115 cm³/mol. The molecule has 33 heavy (non-hydrogen) atoms. The number of ether oxygens (including phenoxy) is 1. The van der Waals surface area contributed by atoms with Crippen LogP contribution in [-0.4, -0.2) is 27.7 Å². The number of nitrogens with one attached hydrogen (secondary N) is 1. The number of aromatic amines is 1. The molecular weight excluding hydrogens is 461 g/mol. The third kappa shape index (κ3) is 4.02. The fourth-order valence-electron chi connectivity index (χ4n) is 3.61. The maximum atomic E-state index is 14.6. The molecule has 0 aliphatic heterocycles. The Balaban J connectivity index is 1.77. The fourth-order valence-corrected chi connectivity index (χ4v) is 4.43. The van der Waals surface area contributed by atoms with Gasteiger partial charge in [0.15, 0.2) is 11.6 Å². The van der Waals surface area contributed by atoms with Crippen molar-refractivity contribution in [2.45, 2.75) is 12.8 Å². The Bertz CT molecular complexity index is 1520. The van der Waals surface area contributed by atoms with Crippen LogP contribution in [0, 0.1) is 17.5 Å². The van der Waals surface area contributed by atoms with Gasteiger partial charge in [-0.1, -0.05) is 6.07 Å². The van der Waals surface area contributed by atoms with E-state index in [0.717, 1.165) is 23.5 Å². The van der Waals surface area contributed by atoms with Crippen molar-refractivity contribution in [2.75, 3.05) is 7.11 Å². The lowest BCUT2D eigenvalue weighted by Gasteiger charge is -2.12. The van der Waals surface area contributed by atoms with Crippen molar-refractivity contribution >= 4 is 28.2 Å². The van der Waals surface area contributed by atoms with E-state index in [-0.39, 0.29) is 45.6 Å². The molecule has 0 radical (unpaired) electrons. The summed E-state index contributed by atoms with van der Waals surface area (Å²) in [4.78, 5) is 39.0. The molecule has 0 amide bonds. The number of rotatable bonds is 6. The van der Waals surface area contributed by atoms with Gasteiger partial charge >= 0.3 is 11.7 Å². The van der Waals surface area contributed by atoms with E-state index in [9.17, 15) is 32.7 Å². The van der Waals surface area contributed by atoms with Crippen LogP contribution in [0.1, 0.15) is 20.8 Å². The van der Waals surface area contributed by atoms with Crippen LogP contribution in [0.15, 0.2) is 45.3 Å². The zero-order valence-electron chi connectivity index (χ0n) is 16.9. The first kappa shape index (κ1) is 22.3.